The normalized spacial score (nSPS) is 20.6. The third kappa shape index (κ3) is 2.26. The monoisotopic (exact) mass is 262 g/mol. The van der Waals surface area contributed by atoms with Crippen LogP contribution < -0.4 is 11.2 Å². The molecule has 0 unspecified atom stereocenters. The quantitative estimate of drug-likeness (QED) is 0.799. The van der Waals surface area contributed by atoms with Crippen molar-refractivity contribution in [3.05, 3.63) is 23.5 Å². The van der Waals surface area contributed by atoms with Crippen LogP contribution in [0, 0.1) is 6.92 Å². The highest BCUT2D eigenvalue weighted by Crippen LogP contribution is 2.36. The van der Waals surface area contributed by atoms with Crippen LogP contribution in [0.15, 0.2) is 12.3 Å². The Morgan fingerprint density at radius 3 is 2.26 bits per heavy atom. The number of carbonyl (C=O) groups excluding carboxylic acids is 1. The topological polar surface area (TPSA) is 74.4 Å². The van der Waals surface area contributed by atoms with Crippen molar-refractivity contribution in [2.24, 2.45) is 5.73 Å². The van der Waals surface area contributed by atoms with E-state index in [-0.39, 0.29) is 5.69 Å². The van der Waals surface area contributed by atoms with Crippen molar-refractivity contribution in [2.45, 2.75) is 45.8 Å². The molecule has 0 aromatic carbocycles. The fourth-order valence-electron chi connectivity index (χ4n) is 2.02. The van der Waals surface area contributed by atoms with Crippen LogP contribution in [0.4, 0.5) is 0 Å². The van der Waals surface area contributed by atoms with Gasteiger partial charge in [-0.25, -0.2) is 0 Å². The summed E-state index contributed by atoms with van der Waals surface area (Å²) in [5.74, 6) is -0.576. The number of carbonyl (C=O) groups is 1. The van der Waals surface area contributed by atoms with E-state index in [9.17, 15) is 4.79 Å². The smallest absolute Gasteiger partial charge is 0.399 e. The zero-order valence-electron chi connectivity index (χ0n) is 12.0. The number of nitrogens with zero attached hydrogens (tertiary/aromatic N) is 1. The minimum atomic E-state index is -0.624. The molecule has 1 fully saturated rings. The van der Waals surface area contributed by atoms with E-state index >= 15 is 0 Å². The molecule has 0 spiro atoms. The molecule has 1 aromatic heterocycles. The Balaban J connectivity index is 2.48. The van der Waals surface area contributed by atoms with Gasteiger partial charge in [-0.1, -0.05) is 0 Å². The number of aryl methyl sites for hydroxylation is 1. The van der Waals surface area contributed by atoms with Crippen LogP contribution >= 0.6 is 0 Å². The van der Waals surface area contributed by atoms with Crippen LogP contribution in [0.25, 0.3) is 0 Å². The zero-order valence-corrected chi connectivity index (χ0v) is 12.0. The van der Waals surface area contributed by atoms with E-state index in [0.717, 1.165) is 5.56 Å². The van der Waals surface area contributed by atoms with Gasteiger partial charge in [0.15, 0.2) is 0 Å². The van der Waals surface area contributed by atoms with Gasteiger partial charge in [-0.05, 0) is 46.2 Å². The summed E-state index contributed by atoms with van der Waals surface area (Å²) in [5.41, 5.74) is 6.15. The lowest BCUT2D eigenvalue weighted by Crippen LogP contribution is -2.41. The second-order valence-corrected chi connectivity index (χ2v) is 5.84. The van der Waals surface area contributed by atoms with Crippen LogP contribution in [0.3, 0.4) is 0 Å². The molecule has 0 radical (unpaired) electrons. The molecule has 102 valence electrons. The molecule has 1 aromatic rings. The molecule has 6 heteroatoms. The summed E-state index contributed by atoms with van der Waals surface area (Å²) in [4.78, 5) is 15.5. The predicted molar refractivity (Wildman–Crippen MR) is 73.2 cm³/mol. The van der Waals surface area contributed by atoms with Crippen LogP contribution in [0.5, 0.6) is 0 Å². The predicted octanol–water partition coefficient (Wildman–Crippen LogP) is 0.788. The Kier molecular flexibility index (Phi) is 3.19. The van der Waals surface area contributed by atoms with E-state index in [2.05, 4.69) is 4.98 Å². The lowest BCUT2D eigenvalue weighted by Gasteiger charge is -2.32. The van der Waals surface area contributed by atoms with E-state index in [1.54, 1.807) is 6.20 Å². The average Bonchev–Trinajstić information content (AvgIpc) is 2.47. The van der Waals surface area contributed by atoms with Gasteiger partial charge in [0.1, 0.15) is 5.69 Å². The molecule has 0 aliphatic carbocycles. The fraction of sp³-hybridized carbons (Fsp3) is 0.538. The number of rotatable bonds is 2. The van der Waals surface area contributed by atoms with Gasteiger partial charge in [0.25, 0.3) is 5.91 Å². The zero-order chi connectivity index (χ0) is 14.4. The molecule has 0 atom stereocenters. The molecule has 2 N–H and O–H groups in total. The van der Waals surface area contributed by atoms with Gasteiger partial charge in [-0.15, -0.1) is 0 Å². The Hall–Kier alpha value is -1.40. The average molecular weight is 262 g/mol. The highest BCUT2D eigenvalue weighted by molar-refractivity contribution is 6.64. The van der Waals surface area contributed by atoms with Gasteiger partial charge in [-0.2, -0.15) is 0 Å². The molecule has 19 heavy (non-hydrogen) atoms. The van der Waals surface area contributed by atoms with Crippen molar-refractivity contribution in [3.63, 3.8) is 0 Å². The first-order chi connectivity index (χ1) is 8.66. The highest BCUT2D eigenvalue weighted by Gasteiger charge is 2.53. The Labute approximate surface area is 113 Å². The summed E-state index contributed by atoms with van der Waals surface area (Å²) in [6, 6.07) is 1.81. The van der Waals surface area contributed by atoms with Gasteiger partial charge in [0.2, 0.25) is 0 Å². The summed E-state index contributed by atoms with van der Waals surface area (Å²) in [5, 5.41) is 0. The van der Waals surface area contributed by atoms with Gasteiger partial charge in [0.05, 0.1) is 11.2 Å². The molecule has 1 amide bonds. The van der Waals surface area contributed by atoms with Crippen molar-refractivity contribution in [3.8, 4) is 0 Å². The van der Waals surface area contributed by atoms with Crippen LogP contribution in [-0.2, 0) is 9.31 Å². The maximum atomic E-state index is 11.5. The first-order valence-corrected chi connectivity index (χ1v) is 6.26. The van der Waals surface area contributed by atoms with E-state index in [0.29, 0.717) is 5.46 Å². The second-order valence-electron chi connectivity index (χ2n) is 5.84. The van der Waals surface area contributed by atoms with E-state index in [4.69, 9.17) is 15.0 Å². The van der Waals surface area contributed by atoms with Crippen LogP contribution in [0.1, 0.15) is 43.7 Å². The van der Waals surface area contributed by atoms with E-state index in [1.807, 2.05) is 40.7 Å². The summed E-state index contributed by atoms with van der Waals surface area (Å²) in [6.45, 7) is 9.73. The molecule has 5 nitrogen and oxygen atoms in total. The number of amides is 1. The molecule has 1 saturated heterocycles. The first kappa shape index (κ1) is 14.0. The maximum Gasteiger partial charge on any atom is 0.497 e. The van der Waals surface area contributed by atoms with E-state index < -0.39 is 24.2 Å². The molecule has 1 aliphatic heterocycles. The molecular formula is C13H19BN2O3. The number of aromatic nitrogens is 1. The van der Waals surface area contributed by atoms with Crippen molar-refractivity contribution in [1.29, 1.82) is 0 Å². The number of hydrogen-bond acceptors (Lipinski definition) is 4. The maximum absolute atomic E-state index is 11.5. The summed E-state index contributed by atoms with van der Waals surface area (Å²) in [7, 11) is -0.624. The lowest BCUT2D eigenvalue weighted by atomic mass is 9.75. The van der Waals surface area contributed by atoms with Gasteiger partial charge in [-0.3, -0.25) is 9.78 Å². The van der Waals surface area contributed by atoms with Gasteiger partial charge >= 0.3 is 7.12 Å². The standard InChI is InChI=1S/C13H19BN2O3/c1-8-6-7-16-10(11(15)17)9(8)14-18-12(2,3)13(4,5)19-14/h6-7H,1-5H3,(H2,15,17). The lowest BCUT2D eigenvalue weighted by molar-refractivity contribution is 0.00578. The first-order valence-electron chi connectivity index (χ1n) is 6.26. The minimum Gasteiger partial charge on any atom is -0.399 e. The molecular weight excluding hydrogens is 243 g/mol. The summed E-state index contributed by atoms with van der Waals surface area (Å²) < 4.78 is 11.9. The summed E-state index contributed by atoms with van der Waals surface area (Å²) in [6.07, 6.45) is 1.56. The van der Waals surface area contributed by atoms with Crippen molar-refractivity contribution in [2.75, 3.05) is 0 Å². The number of primary amides is 1. The fourth-order valence-corrected chi connectivity index (χ4v) is 2.02. The molecule has 0 saturated carbocycles. The van der Waals surface area contributed by atoms with Crippen LogP contribution in [0.2, 0.25) is 0 Å². The highest BCUT2D eigenvalue weighted by atomic mass is 16.7. The van der Waals surface area contributed by atoms with E-state index in [1.165, 1.54) is 0 Å². The van der Waals surface area contributed by atoms with Crippen molar-refractivity contribution >= 4 is 18.5 Å². The third-order valence-corrected chi connectivity index (χ3v) is 3.93. The molecule has 2 heterocycles. The van der Waals surface area contributed by atoms with Crippen LogP contribution in [-0.4, -0.2) is 29.2 Å². The molecule has 1 aliphatic rings. The number of nitrogens with two attached hydrogens (primary N) is 1. The second kappa shape index (κ2) is 4.32. The number of hydrogen-bond donors (Lipinski definition) is 1. The minimum absolute atomic E-state index is 0.207. The SMILES string of the molecule is Cc1ccnc(C(N)=O)c1B1OC(C)(C)C(C)(C)O1. The number of pyridine rings is 1. The largest absolute Gasteiger partial charge is 0.497 e. The Morgan fingerprint density at radius 2 is 1.79 bits per heavy atom. The Morgan fingerprint density at radius 1 is 1.26 bits per heavy atom. The molecule has 0 bridgehead atoms. The third-order valence-electron chi connectivity index (χ3n) is 3.93. The molecule has 2 rings (SSSR count). The van der Waals surface area contributed by atoms with Gasteiger partial charge < -0.3 is 15.0 Å². The summed E-state index contributed by atoms with van der Waals surface area (Å²) >= 11 is 0. The van der Waals surface area contributed by atoms with Gasteiger partial charge in [0, 0.05) is 11.7 Å². The van der Waals surface area contributed by atoms with Crippen molar-refractivity contribution in [1.82, 2.24) is 4.98 Å². The Bertz CT molecular complexity index is 513. The van der Waals surface area contributed by atoms with Crippen molar-refractivity contribution < 1.29 is 14.1 Å².